The molecule has 4 nitrogen and oxygen atoms in total. The van der Waals surface area contributed by atoms with Gasteiger partial charge in [0.15, 0.2) is 5.15 Å². The van der Waals surface area contributed by atoms with Crippen molar-refractivity contribution in [2.24, 2.45) is 5.73 Å². The van der Waals surface area contributed by atoms with Gasteiger partial charge >= 0.3 is 0 Å². The van der Waals surface area contributed by atoms with E-state index in [0.29, 0.717) is 16.4 Å². The number of hydrogen-bond donors (Lipinski definition) is 3. The Bertz CT molecular complexity index is 381. The van der Waals surface area contributed by atoms with Crippen molar-refractivity contribution in [2.45, 2.75) is 32.4 Å². The number of anilines is 1. The lowest BCUT2D eigenvalue weighted by Gasteiger charge is -2.24. The van der Waals surface area contributed by atoms with E-state index in [9.17, 15) is 5.11 Å². The Balaban J connectivity index is 3.11. The quantitative estimate of drug-likeness (QED) is 0.743. The molecule has 0 fully saturated rings. The molecule has 1 aromatic heterocycles. The van der Waals surface area contributed by atoms with Crippen molar-refractivity contribution in [3.05, 3.63) is 21.9 Å². The first-order valence-corrected chi connectivity index (χ1v) is 6.02. The van der Waals surface area contributed by atoms with Crippen LogP contribution in [0.2, 0.25) is 10.2 Å². The highest BCUT2D eigenvalue weighted by Gasteiger charge is 2.18. The van der Waals surface area contributed by atoms with E-state index in [1.54, 1.807) is 6.07 Å². The minimum absolute atomic E-state index is 0.0751. The fourth-order valence-corrected chi connectivity index (χ4v) is 1.82. The summed E-state index contributed by atoms with van der Waals surface area (Å²) in [5, 5.41) is 13.4. The summed E-state index contributed by atoms with van der Waals surface area (Å²) in [6.45, 7) is 6.04. The minimum atomic E-state index is -0.853. The first-order valence-electron chi connectivity index (χ1n) is 5.27. The minimum Gasteiger partial charge on any atom is -0.385 e. The lowest BCUT2D eigenvalue weighted by atomic mass is 10.1. The molecule has 1 aromatic rings. The fourth-order valence-electron chi connectivity index (χ4n) is 1.28. The molecule has 17 heavy (non-hydrogen) atoms. The normalized spacial score (nSPS) is 13.6. The number of hydrogen-bond acceptors (Lipinski definition) is 4. The number of aliphatic hydroxyl groups is 1. The molecule has 4 N–H and O–H groups in total. The number of nitrogens with two attached hydrogens (primary N) is 1. The molecule has 0 saturated carbocycles. The van der Waals surface area contributed by atoms with Gasteiger partial charge in [0.25, 0.3) is 0 Å². The van der Waals surface area contributed by atoms with Crippen molar-refractivity contribution in [3.8, 4) is 0 Å². The summed E-state index contributed by atoms with van der Waals surface area (Å²) in [6.07, 6.45) is -0.853. The number of nitrogens with zero attached hydrogens (tertiary/aromatic N) is 1. The summed E-state index contributed by atoms with van der Waals surface area (Å²) in [5.41, 5.74) is 6.12. The number of nitrogens with one attached hydrogen (secondary N) is 1. The zero-order valence-electron chi connectivity index (χ0n) is 10.1. The molecule has 0 amide bonds. The van der Waals surface area contributed by atoms with E-state index >= 15 is 0 Å². The molecule has 1 rings (SSSR count). The molecular formula is C11H17Cl2N3O. The number of pyridine rings is 1. The van der Waals surface area contributed by atoms with Crippen molar-refractivity contribution < 1.29 is 5.11 Å². The predicted octanol–water partition coefficient (Wildman–Crippen LogP) is 2.59. The smallest absolute Gasteiger partial charge is 0.154 e. The summed E-state index contributed by atoms with van der Waals surface area (Å²) in [7, 11) is 0. The van der Waals surface area contributed by atoms with Crippen LogP contribution in [0.4, 0.5) is 5.69 Å². The lowest BCUT2D eigenvalue weighted by Crippen LogP contribution is -2.26. The summed E-state index contributed by atoms with van der Waals surface area (Å²) in [4.78, 5) is 4.08. The highest BCUT2D eigenvalue weighted by atomic mass is 35.5. The lowest BCUT2D eigenvalue weighted by molar-refractivity contribution is 0.182. The predicted molar refractivity (Wildman–Crippen MR) is 71.6 cm³/mol. The molecule has 1 heterocycles. The SMILES string of the molecule is CC(C)(C)Nc1c(Cl)cc(C(O)CN)nc1Cl. The highest BCUT2D eigenvalue weighted by molar-refractivity contribution is 6.38. The zero-order valence-corrected chi connectivity index (χ0v) is 11.6. The maximum atomic E-state index is 9.58. The van der Waals surface area contributed by atoms with Crippen LogP contribution in [0.3, 0.4) is 0 Å². The fraction of sp³-hybridized carbons (Fsp3) is 0.545. The third-order valence-corrected chi connectivity index (χ3v) is 2.58. The van der Waals surface area contributed by atoms with E-state index in [-0.39, 0.29) is 17.2 Å². The summed E-state index contributed by atoms with van der Waals surface area (Å²) < 4.78 is 0. The number of rotatable bonds is 3. The van der Waals surface area contributed by atoms with Crippen LogP contribution in [-0.4, -0.2) is 22.2 Å². The summed E-state index contributed by atoms with van der Waals surface area (Å²) >= 11 is 12.1. The highest BCUT2D eigenvalue weighted by Crippen LogP contribution is 2.32. The first-order chi connectivity index (χ1) is 7.74. The molecular weight excluding hydrogens is 261 g/mol. The molecule has 0 bridgehead atoms. The molecule has 0 aromatic carbocycles. The first kappa shape index (κ1) is 14.5. The van der Waals surface area contributed by atoms with Gasteiger partial charge in [0.1, 0.15) is 6.10 Å². The molecule has 96 valence electrons. The molecule has 0 aliphatic rings. The van der Waals surface area contributed by atoms with E-state index < -0.39 is 6.10 Å². The summed E-state index contributed by atoms with van der Waals surface area (Å²) in [6, 6.07) is 1.57. The van der Waals surface area contributed by atoms with Gasteiger partial charge in [-0.2, -0.15) is 0 Å². The Labute approximate surface area is 111 Å². The number of aliphatic hydroxyl groups excluding tert-OH is 1. The van der Waals surface area contributed by atoms with Gasteiger partial charge in [-0.1, -0.05) is 23.2 Å². The maximum Gasteiger partial charge on any atom is 0.154 e. The van der Waals surface area contributed by atoms with Gasteiger partial charge in [-0.25, -0.2) is 4.98 Å². The van der Waals surface area contributed by atoms with Gasteiger partial charge < -0.3 is 16.2 Å². The van der Waals surface area contributed by atoms with E-state index in [2.05, 4.69) is 10.3 Å². The topological polar surface area (TPSA) is 71.2 Å². The molecule has 1 atom stereocenters. The standard InChI is InChI=1S/C11H17Cl2N3O/c1-11(2,3)16-9-6(12)4-7(8(17)5-14)15-10(9)13/h4,8,16-17H,5,14H2,1-3H3. The van der Waals surface area contributed by atoms with E-state index in [1.807, 2.05) is 20.8 Å². The monoisotopic (exact) mass is 277 g/mol. The second-order valence-electron chi connectivity index (χ2n) is 4.82. The maximum absolute atomic E-state index is 9.58. The molecule has 0 spiro atoms. The number of halogens is 2. The largest absolute Gasteiger partial charge is 0.385 e. The average Bonchev–Trinajstić information content (AvgIpc) is 2.20. The molecule has 0 aliphatic carbocycles. The Kier molecular flexibility index (Phi) is 4.61. The van der Waals surface area contributed by atoms with Crippen molar-refractivity contribution in [2.75, 3.05) is 11.9 Å². The third kappa shape index (κ3) is 4.00. The third-order valence-electron chi connectivity index (χ3n) is 2.01. The zero-order chi connectivity index (χ0) is 13.2. The Morgan fingerprint density at radius 3 is 2.47 bits per heavy atom. The second-order valence-corrected chi connectivity index (χ2v) is 5.59. The van der Waals surface area contributed by atoms with Crippen molar-refractivity contribution in [1.82, 2.24) is 4.98 Å². The molecule has 0 radical (unpaired) electrons. The van der Waals surface area contributed by atoms with Crippen molar-refractivity contribution in [1.29, 1.82) is 0 Å². The van der Waals surface area contributed by atoms with Gasteiger partial charge in [0, 0.05) is 12.1 Å². The van der Waals surface area contributed by atoms with Crippen molar-refractivity contribution >= 4 is 28.9 Å². The van der Waals surface area contributed by atoms with Crippen LogP contribution in [0.5, 0.6) is 0 Å². The van der Waals surface area contributed by atoms with Crippen LogP contribution in [0, 0.1) is 0 Å². The van der Waals surface area contributed by atoms with Gasteiger partial charge in [-0.3, -0.25) is 0 Å². The average molecular weight is 278 g/mol. The number of aromatic nitrogens is 1. The van der Waals surface area contributed by atoms with Crippen LogP contribution in [0.25, 0.3) is 0 Å². The van der Waals surface area contributed by atoms with Crippen LogP contribution in [0.1, 0.15) is 32.6 Å². The van der Waals surface area contributed by atoms with Gasteiger partial charge in [-0.05, 0) is 26.8 Å². The molecule has 6 heteroatoms. The van der Waals surface area contributed by atoms with Crippen LogP contribution < -0.4 is 11.1 Å². The van der Waals surface area contributed by atoms with E-state index in [4.69, 9.17) is 28.9 Å². The second kappa shape index (κ2) is 5.40. The Morgan fingerprint density at radius 2 is 2.06 bits per heavy atom. The molecule has 1 unspecified atom stereocenters. The van der Waals surface area contributed by atoms with E-state index in [1.165, 1.54) is 0 Å². The van der Waals surface area contributed by atoms with Crippen LogP contribution in [0.15, 0.2) is 6.07 Å². The van der Waals surface area contributed by atoms with Crippen LogP contribution in [-0.2, 0) is 0 Å². The van der Waals surface area contributed by atoms with Crippen LogP contribution >= 0.6 is 23.2 Å². The van der Waals surface area contributed by atoms with Gasteiger partial charge in [0.2, 0.25) is 0 Å². The summed E-state index contributed by atoms with van der Waals surface area (Å²) in [5.74, 6) is 0. The van der Waals surface area contributed by atoms with Gasteiger partial charge in [0.05, 0.1) is 16.4 Å². The molecule has 0 saturated heterocycles. The van der Waals surface area contributed by atoms with E-state index in [0.717, 1.165) is 0 Å². The van der Waals surface area contributed by atoms with Crippen molar-refractivity contribution in [3.63, 3.8) is 0 Å². The Hall–Kier alpha value is -0.550. The molecule has 0 aliphatic heterocycles. The van der Waals surface area contributed by atoms with Gasteiger partial charge in [-0.15, -0.1) is 0 Å². The Morgan fingerprint density at radius 1 is 1.47 bits per heavy atom.